The second kappa shape index (κ2) is 8.74. The smallest absolute Gasteiger partial charge is 0.243 e. The first-order valence-electron chi connectivity index (χ1n) is 8.08. The van der Waals surface area contributed by atoms with Crippen LogP contribution in [0.5, 0.6) is 11.5 Å². The van der Waals surface area contributed by atoms with E-state index >= 15 is 0 Å². The van der Waals surface area contributed by atoms with Crippen LogP contribution in [0.4, 0.5) is 5.69 Å². The molecule has 2 N–H and O–H groups in total. The third-order valence-corrected chi connectivity index (χ3v) is 3.97. The van der Waals surface area contributed by atoms with Crippen molar-refractivity contribution < 1.29 is 14.3 Å². The third-order valence-electron chi connectivity index (χ3n) is 3.68. The van der Waals surface area contributed by atoms with Crippen LogP contribution >= 0.6 is 11.6 Å². The maximum absolute atomic E-state index is 12.6. The van der Waals surface area contributed by atoms with Gasteiger partial charge in [-0.05, 0) is 49.7 Å². The van der Waals surface area contributed by atoms with Gasteiger partial charge in [-0.1, -0.05) is 23.7 Å². The monoisotopic (exact) mass is 362 g/mol. The Morgan fingerprint density at radius 3 is 2.44 bits per heavy atom. The quantitative estimate of drug-likeness (QED) is 0.816. The Balaban J connectivity index is 2.30. The molecule has 0 aromatic heterocycles. The molecule has 1 amide bonds. The molecule has 0 radical (unpaired) electrons. The molecule has 0 saturated heterocycles. The van der Waals surface area contributed by atoms with Gasteiger partial charge in [0, 0.05) is 5.69 Å². The standard InChI is InChI=1S/C19H23ClN2O3/c1-4-25-16-8-5-14(6-9-16)12-22(19(23)13(2)21)15-7-10-18(24-3)17(20)11-15/h5-11,13H,4,12,21H2,1-3H3/t13-/m0/s1. The molecule has 0 spiro atoms. The van der Waals surface area contributed by atoms with E-state index in [1.165, 1.54) is 0 Å². The van der Waals surface area contributed by atoms with E-state index in [9.17, 15) is 4.79 Å². The summed E-state index contributed by atoms with van der Waals surface area (Å²) in [6.45, 7) is 4.59. The van der Waals surface area contributed by atoms with Crippen molar-refractivity contribution in [3.8, 4) is 11.5 Å². The van der Waals surface area contributed by atoms with E-state index < -0.39 is 6.04 Å². The molecule has 1 atom stereocenters. The molecule has 2 aromatic rings. The van der Waals surface area contributed by atoms with E-state index in [1.54, 1.807) is 37.1 Å². The summed E-state index contributed by atoms with van der Waals surface area (Å²) in [6, 6.07) is 12.2. The molecule has 0 heterocycles. The van der Waals surface area contributed by atoms with Gasteiger partial charge in [0.15, 0.2) is 0 Å². The maximum atomic E-state index is 12.6. The summed E-state index contributed by atoms with van der Waals surface area (Å²) in [6.07, 6.45) is 0. The van der Waals surface area contributed by atoms with Gasteiger partial charge in [-0.15, -0.1) is 0 Å². The molecule has 134 valence electrons. The number of nitrogens with two attached hydrogens (primary N) is 1. The first-order valence-corrected chi connectivity index (χ1v) is 8.46. The van der Waals surface area contributed by atoms with Crippen LogP contribution in [0.3, 0.4) is 0 Å². The van der Waals surface area contributed by atoms with Gasteiger partial charge in [0.05, 0.1) is 31.3 Å². The lowest BCUT2D eigenvalue weighted by Gasteiger charge is -2.25. The molecule has 0 saturated carbocycles. The lowest BCUT2D eigenvalue weighted by Crippen LogP contribution is -2.41. The highest BCUT2D eigenvalue weighted by molar-refractivity contribution is 6.32. The first-order chi connectivity index (χ1) is 12.0. The van der Waals surface area contributed by atoms with Crippen LogP contribution in [-0.2, 0) is 11.3 Å². The molecule has 0 fully saturated rings. The summed E-state index contributed by atoms with van der Waals surface area (Å²) in [5.74, 6) is 1.17. The molecule has 25 heavy (non-hydrogen) atoms. The molecule has 0 bridgehead atoms. The van der Waals surface area contributed by atoms with Crippen LogP contribution in [0.1, 0.15) is 19.4 Å². The highest BCUT2D eigenvalue weighted by atomic mass is 35.5. The number of hydrogen-bond acceptors (Lipinski definition) is 4. The summed E-state index contributed by atoms with van der Waals surface area (Å²) in [5, 5.41) is 0.439. The minimum Gasteiger partial charge on any atom is -0.495 e. The van der Waals surface area contributed by atoms with E-state index in [0.29, 0.717) is 29.6 Å². The number of ether oxygens (including phenoxy) is 2. The number of rotatable bonds is 7. The van der Waals surface area contributed by atoms with E-state index in [2.05, 4.69) is 0 Å². The van der Waals surface area contributed by atoms with Crippen molar-refractivity contribution in [3.05, 3.63) is 53.1 Å². The zero-order chi connectivity index (χ0) is 18.4. The molecule has 6 heteroatoms. The van der Waals surface area contributed by atoms with E-state index in [0.717, 1.165) is 11.3 Å². The van der Waals surface area contributed by atoms with Gasteiger partial charge in [-0.2, -0.15) is 0 Å². The first kappa shape index (κ1) is 19.1. The van der Waals surface area contributed by atoms with Crippen molar-refractivity contribution in [2.75, 3.05) is 18.6 Å². The minimum atomic E-state index is -0.622. The van der Waals surface area contributed by atoms with Crippen molar-refractivity contribution >= 4 is 23.2 Å². The van der Waals surface area contributed by atoms with Gasteiger partial charge in [-0.25, -0.2) is 0 Å². The van der Waals surface area contributed by atoms with E-state index in [4.69, 9.17) is 26.8 Å². The van der Waals surface area contributed by atoms with E-state index in [1.807, 2.05) is 31.2 Å². The molecule has 0 aliphatic carbocycles. The molecule has 0 aliphatic heterocycles. The zero-order valence-corrected chi connectivity index (χ0v) is 15.4. The van der Waals surface area contributed by atoms with Crippen molar-refractivity contribution in [2.45, 2.75) is 26.4 Å². The average molecular weight is 363 g/mol. The maximum Gasteiger partial charge on any atom is 0.243 e. The predicted molar refractivity (Wildman–Crippen MR) is 100 cm³/mol. The molecular weight excluding hydrogens is 340 g/mol. The number of carbonyl (C=O) groups excluding carboxylic acids is 1. The normalized spacial score (nSPS) is 11.7. The molecule has 2 rings (SSSR count). The minimum absolute atomic E-state index is 0.185. The van der Waals surface area contributed by atoms with Gasteiger partial charge in [0.2, 0.25) is 5.91 Å². The van der Waals surface area contributed by atoms with Crippen LogP contribution in [0, 0.1) is 0 Å². The van der Waals surface area contributed by atoms with Gasteiger partial charge in [-0.3, -0.25) is 4.79 Å². The van der Waals surface area contributed by atoms with Gasteiger partial charge in [0.1, 0.15) is 11.5 Å². The largest absolute Gasteiger partial charge is 0.495 e. The number of benzene rings is 2. The number of halogens is 1. The summed E-state index contributed by atoms with van der Waals surface area (Å²) in [7, 11) is 1.55. The number of amides is 1. The van der Waals surface area contributed by atoms with Crippen LogP contribution in [0.15, 0.2) is 42.5 Å². The Morgan fingerprint density at radius 1 is 1.24 bits per heavy atom. The third kappa shape index (κ3) is 4.87. The Bertz CT molecular complexity index is 717. The highest BCUT2D eigenvalue weighted by Gasteiger charge is 2.20. The fraction of sp³-hybridized carbons (Fsp3) is 0.316. The van der Waals surface area contributed by atoms with Gasteiger partial charge in [0.25, 0.3) is 0 Å². The fourth-order valence-corrected chi connectivity index (χ4v) is 2.66. The number of methoxy groups -OCH3 is 1. The Morgan fingerprint density at radius 2 is 1.92 bits per heavy atom. The summed E-state index contributed by atoms with van der Waals surface area (Å²) in [5.41, 5.74) is 7.45. The Kier molecular flexibility index (Phi) is 6.67. The molecule has 0 aliphatic rings. The number of carbonyl (C=O) groups is 1. The average Bonchev–Trinajstić information content (AvgIpc) is 2.60. The zero-order valence-electron chi connectivity index (χ0n) is 14.7. The lowest BCUT2D eigenvalue weighted by atomic mass is 10.1. The number of anilines is 1. The van der Waals surface area contributed by atoms with Gasteiger partial charge >= 0.3 is 0 Å². The highest BCUT2D eigenvalue weighted by Crippen LogP contribution is 2.30. The number of hydrogen-bond donors (Lipinski definition) is 1. The summed E-state index contributed by atoms with van der Waals surface area (Å²) < 4.78 is 10.6. The molecule has 0 unspecified atom stereocenters. The molecule has 2 aromatic carbocycles. The van der Waals surface area contributed by atoms with Crippen LogP contribution in [0.25, 0.3) is 0 Å². The summed E-state index contributed by atoms with van der Waals surface area (Å²) in [4.78, 5) is 14.2. The Hall–Kier alpha value is -2.24. The topological polar surface area (TPSA) is 64.8 Å². The number of nitrogens with zero attached hydrogens (tertiary/aromatic N) is 1. The lowest BCUT2D eigenvalue weighted by molar-refractivity contribution is -0.119. The second-order valence-electron chi connectivity index (χ2n) is 5.61. The second-order valence-corrected chi connectivity index (χ2v) is 6.02. The van der Waals surface area contributed by atoms with E-state index in [-0.39, 0.29) is 5.91 Å². The predicted octanol–water partition coefficient (Wildman–Crippen LogP) is 3.63. The molecular formula is C19H23ClN2O3. The van der Waals surface area contributed by atoms with Crippen molar-refractivity contribution in [1.82, 2.24) is 0 Å². The van der Waals surface area contributed by atoms with Crippen molar-refractivity contribution in [2.24, 2.45) is 5.73 Å². The van der Waals surface area contributed by atoms with Gasteiger partial charge < -0.3 is 20.1 Å². The summed E-state index contributed by atoms with van der Waals surface area (Å²) >= 11 is 6.21. The van der Waals surface area contributed by atoms with Crippen LogP contribution in [0.2, 0.25) is 5.02 Å². The molecule has 5 nitrogen and oxygen atoms in total. The van der Waals surface area contributed by atoms with Crippen LogP contribution < -0.4 is 20.1 Å². The van der Waals surface area contributed by atoms with Crippen LogP contribution in [-0.4, -0.2) is 25.7 Å². The van der Waals surface area contributed by atoms with Crippen molar-refractivity contribution in [1.29, 1.82) is 0 Å². The fourth-order valence-electron chi connectivity index (χ4n) is 2.41. The SMILES string of the molecule is CCOc1ccc(CN(C(=O)[C@H](C)N)c2ccc(OC)c(Cl)c2)cc1. The van der Waals surface area contributed by atoms with Crippen molar-refractivity contribution in [3.63, 3.8) is 0 Å². The Labute approximate surface area is 153 Å².